The zero-order chi connectivity index (χ0) is 21.1. The fourth-order valence-corrected chi connectivity index (χ4v) is 3.60. The van der Waals surface area contributed by atoms with Gasteiger partial charge in [0.1, 0.15) is 11.4 Å². The van der Waals surface area contributed by atoms with Crippen molar-refractivity contribution in [3.05, 3.63) is 66.4 Å². The maximum absolute atomic E-state index is 13.4. The van der Waals surface area contributed by atoms with Crippen LogP contribution in [-0.2, 0) is 4.79 Å². The Hall–Kier alpha value is -3.61. The van der Waals surface area contributed by atoms with Crippen molar-refractivity contribution in [2.75, 3.05) is 33.3 Å². The van der Waals surface area contributed by atoms with Crippen molar-refractivity contribution in [2.45, 2.75) is 6.92 Å². The van der Waals surface area contributed by atoms with E-state index in [1.807, 2.05) is 54.6 Å². The molecule has 0 aliphatic carbocycles. The maximum Gasteiger partial charge on any atom is 0.257 e. The molecule has 1 fully saturated rings. The van der Waals surface area contributed by atoms with Crippen LogP contribution in [0.25, 0.3) is 16.9 Å². The van der Waals surface area contributed by atoms with Crippen molar-refractivity contribution >= 4 is 11.8 Å². The number of amides is 2. The van der Waals surface area contributed by atoms with Gasteiger partial charge in [0, 0.05) is 44.9 Å². The highest BCUT2D eigenvalue weighted by Gasteiger charge is 2.27. The molecule has 30 heavy (non-hydrogen) atoms. The first-order valence-corrected chi connectivity index (χ1v) is 9.91. The Morgan fingerprint density at radius 1 is 0.900 bits per heavy atom. The third-order valence-corrected chi connectivity index (χ3v) is 5.34. The molecule has 7 nitrogen and oxygen atoms in total. The zero-order valence-corrected chi connectivity index (χ0v) is 17.1. The van der Waals surface area contributed by atoms with E-state index >= 15 is 0 Å². The number of carbonyl (C=O) groups is 2. The molecule has 1 aliphatic rings. The van der Waals surface area contributed by atoms with E-state index in [0.29, 0.717) is 37.4 Å². The highest BCUT2D eigenvalue weighted by molar-refractivity contribution is 6.00. The topological polar surface area (TPSA) is 67.7 Å². The lowest BCUT2D eigenvalue weighted by Gasteiger charge is -2.34. The fourth-order valence-electron chi connectivity index (χ4n) is 3.60. The molecule has 7 heteroatoms. The van der Waals surface area contributed by atoms with Gasteiger partial charge in [-0.1, -0.05) is 18.2 Å². The Balaban J connectivity index is 1.69. The van der Waals surface area contributed by atoms with Crippen LogP contribution in [0.3, 0.4) is 0 Å². The predicted molar refractivity (Wildman–Crippen MR) is 114 cm³/mol. The van der Waals surface area contributed by atoms with Crippen molar-refractivity contribution < 1.29 is 14.3 Å². The van der Waals surface area contributed by atoms with Crippen molar-refractivity contribution in [3.63, 3.8) is 0 Å². The van der Waals surface area contributed by atoms with Crippen LogP contribution in [0.4, 0.5) is 0 Å². The number of piperazine rings is 1. The molecule has 154 valence electrons. The van der Waals surface area contributed by atoms with Gasteiger partial charge in [0.15, 0.2) is 0 Å². The van der Waals surface area contributed by atoms with Crippen LogP contribution in [0.1, 0.15) is 17.3 Å². The van der Waals surface area contributed by atoms with Gasteiger partial charge in [-0.05, 0) is 36.4 Å². The summed E-state index contributed by atoms with van der Waals surface area (Å²) in [7, 11) is 1.62. The summed E-state index contributed by atoms with van der Waals surface area (Å²) in [6, 6.07) is 17.2. The van der Waals surface area contributed by atoms with E-state index in [0.717, 1.165) is 17.0 Å². The van der Waals surface area contributed by atoms with Gasteiger partial charge in [0.2, 0.25) is 5.91 Å². The minimum atomic E-state index is -0.0776. The van der Waals surface area contributed by atoms with E-state index < -0.39 is 0 Å². The molecule has 2 aromatic carbocycles. The number of ether oxygens (including phenoxy) is 1. The van der Waals surface area contributed by atoms with Crippen molar-refractivity contribution in [2.24, 2.45) is 0 Å². The van der Waals surface area contributed by atoms with Crippen LogP contribution in [-0.4, -0.2) is 64.7 Å². The molecule has 4 rings (SSSR count). The average molecular weight is 404 g/mol. The monoisotopic (exact) mass is 404 g/mol. The summed E-state index contributed by atoms with van der Waals surface area (Å²) in [6.07, 6.45) is 1.79. The van der Waals surface area contributed by atoms with Gasteiger partial charge < -0.3 is 14.5 Å². The van der Waals surface area contributed by atoms with Crippen LogP contribution in [0.15, 0.2) is 60.8 Å². The highest BCUT2D eigenvalue weighted by atomic mass is 16.5. The van der Waals surface area contributed by atoms with Crippen molar-refractivity contribution in [1.29, 1.82) is 0 Å². The number of carbonyl (C=O) groups excluding carboxylic acids is 2. The largest absolute Gasteiger partial charge is 0.497 e. The second-order valence-electron chi connectivity index (χ2n) is 7.20. The Kier molecular flexibility index (Phi) is 5.52. The van der Waals surface area contributed by atoms with Gasteiger partial charge in [-0.2, -0.15) is 5.10 Å². The van der Waals surface area contributed by atoms with Gasteiger partial charge in [-0.3, -0.25) is 9.59 Å². The molecular weight excluding hydrogens is 380 g/mol. The van der Waals surface area contributed by atoms with E-state index in [4.69, 9.17) is 9.84 Å². The second-order valence-corrected chi connectivity index (χ2v) is 7.20. The van der Waals surface area contributed by atoms with Crippen molar-refractivity contribution in [1.82, 2.24) is 19.6 Å². The smallest absolute Gasteiger partial charge is 0.257 e. The SMILES string of the molecule is COc1ccc(-c2nn(-c3ccccc3)cc2C(=O)N2CCN(C(C)=O)CC2)cc1. The lowest BCUT2D eigenvalue weighted by atomic mass is 10.1. The molecular formula is C23H24N4O3. The van der Waals surface area contributed by atoms with Crippen LogP contribution in [0.5, 0.6) is 5.75 Å². The van der Waals surface area contributed by atoms with Gasteiger partial charge in [-0.25, -0.2) is 4.68 Å². The van der Waals surface area contributed by atoms with Crippen LogP contribution < -0.4 is 4.74 Å². The molecule has 0 N–H and O–H groups in total. The first-order chi connectivity index (χ1) is 14.6. The molecule has 0 saturated carbocycles. The number of benzene rings is 2. The summed E-state index contributed by atoms with van der Waals surface area (Å²) in [5, 5.41) is 4.73. The van der Waals surface area contributed by atoms with E-state index in [1.165, 1.54) is 0 Å². The summed E-state index contributed by atoms with van der Waals surface area (Å²) in [6.45, 7) is 3.68. The van der Waals surface area contributed by atoms with Gasteiger partial charge in [0.25, 0.3) is 5.91 Å². The minimum absolute atomic E-state index is 0.0397. The third kappa shape index (κ3) is 3.91. The van der Waals surface area contributed by atoms with Gasteiger partial charge in [-0.15, -0.1) is 0 Å². The molecule has 0 radical (unpaired) electrons. The zero-order valence-electron chi connectivity index (χ0n) is 17.1. The molecule has 0 atom stereocenters. The Labute approximate surface area is 175 Å². The number of rotatable bonds is 4. The molecule has 1 aromatic heterocycles. The normalized spacial score (nSPS) is 13.9. The number of hydrogen-bond acceptors (Lipinski definition) is 4. The molecule has 2 heterocycles. The summed E-state index contributed by atoms with van der Waals surface area (Å²) in [5.74, 6) is 0.707. The lowest BCUT2D eigenvalue weighted by Crippen LogP contribution is -2.50. The molecule has 0 bridgehead atoms. The van der Waals surface area contributed by atoms with E-state index in [1.54, 1.807) is 34.7 Å². The molecule has 3 aromatic rings. The Morgan fingerprint density at radius 2 is 1.53 bits per heavy atom. The van der Waals surface area contributed by atoms with Gasteiger partial charge >= 0.3 is 0 Å². The fraction of sp³-hybridized carbons (Fsp3) is 0.261. The summed E-state index contributed by atoms with van der Waals surface area (Å²) >= 11 is 0. The Bertz CT molecular complexity index is 1040. The number of nitrogens with zero attached hydrogens (tertiary/aromatic N) is 4. The molecule has 1 aliphatic heterocycles. The predicted octanol–water partition coefficient (Wildman–Crippen LogP) is 2.85. The number of hydrogen-bond donors (Lipinski definition) is 0. The lowest BCUT2D eigenvalue weighted by molar-refractivity contribution is -0.130. The van der Waals surface area contributed by atoms with Gasteiger partial charge in [0.05, 0.1) is 18.4 Å². The minimum Gasteiger partial charge on any atom is -0.497 e. The average Bonchev–Trinajstić information content (AvgIpc) is 3.25. The summed E-state index contributed by atoms with van der Waals surface area (Å²) in [5.41, 5.74) is 2.89. The highest BCUT2D eigenvalue weighted by Crippen LogP contribution is 2.27. The first kappa shape index (κ1) is 19.7. The first-order valence-electron chi connectivity index (χ1n) is 9.91. The Morgan fingerprint density at radius 3 is 2.13 bits per heavy atom. The number of aromatic nitrogens is 2. The standard InChI is InChI=1S/C23H24N4O3/c1-17(28)25-12-14-26(15-13-25)23(29)21-16-27(19-6-4-3-5-7-19)24-22(21)18-8-10-20(30-2)11-9-18/h3-11,16H,12-15H2,1-2H3. The second kappa shape index (κ2) is 8.41. The summed E-state index contributed by atoms with van der Waals surface area (Å²) < 4.78 is 6.98. The van der Waals surface area contributed by atoms with Crippen LogP contribution >= 0.6 is 0 Å². The molecule has 2 amide bonds. The number of methoxy groups -OCH3 is 1. The number of para-hydroxylation sites is 1. The van der Waals surface area contributed by atoms with E-state index in [9.17, 15) is 9.59 Å². The van der Waals surface area contributed by atoms with Crippen LogP contribution in [0.2, 0.25) is 0 Å². The molecule has 0 spiro atoms. The quantitative estimate of drug-likeness (QED) is 0.671. The van der Waals surface area contributed by atoms with E-state index in [2.05, 4.69) is 0 Å². The van der Waals surface area contributed by atoms with Crippen molar-refractivity contribution in [3.8, 4) is 22.7 Å². The third-order valence-electron chi connectivity index (χ3n) is 5.34. The molecule has 0 unspecified atom stereocenters. The maximum atomic E-state index is 13.4. The van der Waals surface area contributed by atoms with Crippen LogP contribution in [0, 0.1) is 0 Å². The van der Waals surface area contributed by atoms with E-state index in [-0.39, 0.29) is 11.8 Å². The molecule has 1 saturated heterocycles. The summed E-state index contributed by atoms with van der Waals surface area (Å²) in [4.78, 5) is 28.5.